The molecule has 4 rings (SSSR count). The minimum atomic E-state index is -0.390. The predicted octanol–water partition coefficient (Wildman–Crippen LogP) is 6.55. The minimum Gasteiger partial charge on any atom is -0.495 e. The highest BCUT2D eigenvalue weighted by Gasteiger charge is 2.21. The molecule has 0 saturated heterocycles. The maximum atomic E-state index is 13.2. The second-order valence-corrected chi connectivity index (χ2v) is 9.23. The summed E-state index contributed by atoms with van der Waals surface area (Å²) in [7, 11) is 1.50. The number of carbonyl (C=O) groups is 1. The van der Waals surface area contributed by atoms with E-state index in [2.05, 4.69) is 44.3 Å². The van der Waals surface area contributed by atoms with Crippen molar-refractivity contribution in [3.05, 3.63) is 57.3 Å². The van der Waals surface area contributed by atoms with Crippen LogP contribution in [0.4, 0.5) is 23.0 Å². The van der Waals surface area contributed by atoms with E-state index >= 15 is 0 Å². The largest absolute Gasteiger partial charge is 0.495 e. The van der Waals surface area contributed by atoms with Gasteiger partial charge in [-0.1, -0.05) is 23.2 Å². The van der Waals surface area contributed by atoms with Gasteiger partial charge in [-0.3, -0.25) is 4.79 Å². The van der Waals surface area contributed by atoms with Crippen LogP contribution in [0.15, 0.2) is 36.1 Å². The summed E-state index contributed by atoms with van der Waals surface area (Å²) in [4.78, 5) is 28.6. The third kappa shape index (κ3) is 4.98. The fraction of sp³-hybridized carbons (Fsp3) is 0.250. The zero-order valence-electron chi connectivity index (χ0n) is 19.6. The Balaban J connectivity index is 1.65. The summed E-state index contributed by atoms with van der Waals surface area (Å²) in [5, 5.41) is 8.39. The van der Waals surface area contributed by atoms with Gasteiger partial charge < -0.3 is 20.3 Å². The molecule has 1 amide bonds. The van der Waals surface area contributed by atoms with Crippen LogP contribution in [-0.4, -0.2) is 41.1 Å². The third-order valence-electron chi connectivity index (χ3n) is 5.52. The Kier molecular flexibility index (Phi) is 7.59. The van der Waals surface area contributed by atoms with Crippen LogP contribution >= 0.6 is 34.5 Å². The lowest BCUT2D eigenvalue weighted by Gasteiger charge is -2.21. The summed E-state index contributed by atoms with van der Waals surface area (Å²) in [5.41, 5.74) is 2.97. The number of anilines is 4. The summed E-state index contributed by atoms with van der Waals surface area (Å²) < 4.78 is 6.02. The Hall–Kier alpha value is -3.14. The number of aryl methyl sites for hydroxylation is 1. The zero-order chi connectivity index (χ0) is 25.1. The fourth-order valence-corrected chi connectivity index (χ4v) is 5.14. The van der Waals surface area contributed by atoms with Crippen LogP contribution in [0.5, 0.6) is 5.75 Å². The Bertz CT molecular complexity index is 1390. The van der Waals surface area contributed by atoms with E-state index in [1.165, 1.54) is 24.8 Å². The number of amides is 1. The number of ether oxygens (including phenoxy) is 1. The van der Waals surface area contributed by atoms with Crippen molar-refractivity contribution in [1.29, 1.82) is 0 Å². The number of benzene rings is 1. The van der Waals surface area contributed by atoms with Crippen LogP contribution in [0.2, 0.25) is 10.0 Å². The van der Waals surface area contributed by atoms with E-state index in [0.717, 1.165) is 29.0 Å². The molecule has 0 aliphatic heterocycles. The van der Waals surface area contributed by atoms with Gasteiger partial charge in [0.1, 0.15) is 22.9 Å². The monoisotopic (exact) mass is 530 g/mol. The summed E-state index contributed by atoms with van der Waals surface area (Å²) in [5.74, 6) is 1.25. The van der Waals surface area contributed by atoms with E-state index < -0.39 is 0 Å². The zero-order valence-corrected chi connectivity index (χ0v) is 22.0. The van der Waals surface area contributed by atoms with E-state index in [1.54, 1.807) is 17.6 Å². The first-order valence-electron chi connectivity index (χ1n) is 10.9. The van der Waals surface area contributed by atoms with Gasteiger partial charge in [0, 0.05) is 36.4 Å². The van der Waals surface area contributed by atoms with Gasteiger partial charge >= 0.3 is 0 Å². The second kappa shape index (κ2) is 10.6. The highest BCUT2D eigenvalue weighted by molar-refractivity contribution is 7.18. The fourth-order valence-electron chi connectivity index (χ4n) is 3.67. The molecule has 0 aliphatic rings. The van der Waals surface area contributed by atoms with Crippen molar-refractivity contribution >= 4 is 73.7 Å². The highest BCUT2D eigenvalue weighted by atomic mass is 35.5. The number of fused-ring (bicyclic) bond motifs is 1. The molecule has 0 radical (unpaired) electrons. The number of hydrogen-bond acceptors (Lipinski definition) is 8. The van der Waals surface area contributed by atoms with Gasteiger partial charge in [0.25, 0.3) is 5.91 Å². The molecular formula is C24H24Cl2N6O2S. The van der Waals surface area contributed by atoms with Crippen molar-refractivity contribution in [3.8, 4) is 5.75 Å². The molecule has 0 fully saturated rings. The van der Waals surface area contributed by atoms with Gasteiger partial charge in [-0.2, -0.15) is 0 Å². The Morgan fingerprint density at radius 1 is 1.14 bits per heavy atom. The number of aromatic nitrogens is 3. The van der Waals surface area contributed by atoms with E-state index in [4.69, 9.17) is 27.9 Å². The quantitative estimate of drug-likeness (QED) is 0.266. The Labute approximate surface area is 217 Å². The van der Waals surface area contributed by atoms with Gasteiger partial charge in [-0.15, -0.1) is 11.3 Å². The molecule has 0 aliphatic carbocycles. The van der Waals surface area contributed by atoms with Gasteiger partial charge in [0.15, 0.2) is 5.82 Å². The number of halogens is 2. The second-order valence-electron chi connectivity index (χ2n) is 7.60. The first-order chi connectivity index (χ1) is 16.9. The smallest absolute Gasteiger partial charge is 0.258 e. The van der Waals surface area contributed by atoms with E-state index in [-0.39, 0.29) is 10.9 Å². The molecular weight excluding hydrogens is 507 g/mol. The maximum Gasteiger partial charge on any atom is 0.258 e. The molecule has 182 valence electrons. The number of nitrogens with zero attached hydrogens (tertiary/aromatic N) is 4. The van der Waals surface area contributed by atoms with Crippen LogP contribution in [0.1, 0.15) is 29.8 Å². The molecule has 4 aromatic rings. The highest BCUT2D eigenvalue weighted by Crippen LogP contribution is 2.41. The van der Waals surface area contributed by atoms with Crippen LogP contribution in [-0.2, 0) is 0 Å². The van der Waals surface area contributed by atoms with Crippen molar-refractivity contribution in [2.45, 2.75) is 20.8 Å². The summed E-state index contributed by atoms with van der Waals surface area (Å²) in [6.45, 7) is 7.81. The molecule has 0 atom stereocenters. The van der Waals surface area contributed by atoms with E-state index in [1.807, 2.05) is 19.1 Å². The van der Waals surface area contributed by atoms with Gasteiger partial charge in [-0.25, -0.2) is 15.0 Å². The lowest BCUT2D eigenvalue weighted by molar-refractivity contribution is 0.102. The molecule has 2 N–H and O–H groups in total. The molecule has 0 bridgehead atoms. The average molecular weight is 531 g/mol. The van der Waals surface area contributed by atoms with Crippen LogP contribution < -0.4 is 20.3 Å². The summed E-state index contributed by atoms with van der Waals surface area (Å²) in [6, 6.07) is 5.66. The normalized spacial score (nSPS) is 10.9. The van der Waals surface area contributed by atoms with Gasteiger partial charge in [-0.05, 0) is 38.5 Å². The maximum absolute atomic E-state index is 13.2. The topological polar surface area (TPSA) is 92.3 Å². The van der Waals surface area contributed by atoms with E-state index in [9.17, 15) is 4.79 Å². The molecule has 3 heterocycles. The van der Waals surface area contributed by atoms with Crippen LogP contribution in [0.3, 0.4) is 0 Å². The number of pyridine rings is 1. The Morgan fingerprint density at radius 3 is 2.63 bits per heavy atom. The van der Waals surface area contributed by atoms with Crippen molar-refractivity contribution < 1.29 is 9.53 Å². The number of thiophene rings is 1. The number of methoxy groups -OCH3 is 1. The number of hydrogen-bond donors (Lipinski definition) is 2. The summed E-state index contributed by atoms with van der Waals surface area (Å²) in [6.07, 6.45) is 3.17. The van der Waals surface area contributed by atoms with Gasteiger partial charge in [0.2, 0.25) is 0 Å². The van der Waals surface area contributed by atoms with E-state index in [0.29, 0.717) is 39.2 Å². The molecule has 35 heavy (non-hydrogen) atoms. The number of nitrogens with one attached hydrogen (secondary N) is 2. The third-order valence-corrected chi connectivity index (χ3v) is 7.36. The molecule has 11 heteroatoms. The molecule has 0 unspecified atom stereocenters. The molecule has 8 nitrogen and oxygen atoms in total. The predicted molar refractivity (Wildman–Crippen MR) is 144 cm³/mol. The first-order valence-corrected chi connectivity index (χ1v) is 12.6. The first kappa shape index (κ1) is 25.0. The van der Waals surface area contributed by atoms with Gasteiger partial charge in [0.05, 0.1) is 33.6 Å². The van der Waals surface area contributed by atoms with Crippen molar-refractivity contribution in [2.75, 3.05) is 35.7 Å². The minimum absolute atomic E-state index is 0.229. The molecule has 1 aromatic carbocycles. The standard InChI is InChI=1S/C24H24Cl2N6O2S/c1-5-32(6-2)14-7-8-27-17(10-14)30-23-22-20(28-12-29-23)15(11-35-22)24(33)31-21-18(25)13(3)9-16(34-4)19(21)26/h7-12H,5-6H2,1-4H3,(H,31,33)(H,27,28,29,30). The molecule has 0 saturated carbocycles. The molecule has 3 aromatic heterocycles. The lowest BCUT2D eigenvalue weighted by atomic mass is 10.2. The Morgan fingerprint density at radius 2 is 1.91 bits per heavy atom. The SMILES string of the molecule is CCN(CC)c1ccnc(Nc2ncnc3c(C(=O)Nc4c(Cl)c(C)cc(OC)c4Cl)csc23)c1. The van der Waals surface area contributed by atoms with Crippen LogP contribution in [0.25, 0.3) is 10.2 Å². The van der Waals surface area contributed by atoms with Crippen molar-refractivity contribution in [3.63, 3.8) is 0 Å². The summed E-state index contributed by atoms with van der Waals surface area (Å²) >= 11 is 14.2. The number of rotatable bonds is 8. The lowest BCUT2D eigenvalue weighted by Crippen LogP contribution is -2.21. The van der Waals surface area contributed by atoms with Crippen LogP contribution in [0, 0.1) is 6.92 Å². The molecule has 0 spiro atoms. The average Bonchev–Trinajstić information content (AvgIpc) is 3.30. The van der Waals surface area contributed by atoms with Crippen molar-refractivity contribution in [1.82, 2.24) is 15.0 Å². The number of carbonyl (C=O) groups excluding carboxylic acids is 1. The van der Waals surface area contributed by atoms with Crippen molar-refractivity contribution in [2.24, 2.45) is 0 Å².